The van der Waals surface area contributed by atoms with Crippen molar-refractivity contribution in [2.45, 2.75) is 64.6 Å². The minimum absolute atomic E-state index is 0.198. The predicted molar refractivity (Wildman–Crippen MR) is 85.9 cm³/mol. The standard InChI is InChI=1S/C16H28FN3O4/c1-3-5-7-11(13(17)15(22)19-24)16(23)20-10-6-8-12(20)14(21)18-9-4-2/h11-13,24H,3-10H2,1-2H3,(H,18,21)(H,19,22)/t11-,12?,13+/m1/s1. The van der Waals surface area contributed by atoms with Gasteiger partial charge in [0.05, 0.1) is 5.92 Å². The fourth-order valence-electron chi connectivity index (χ4n) is 2.95. The number of unbranched alkanes of at least 4 members (excludes halogenated alkanes) is 1. The molecule has 3 N–H and O–H groups in total. The van der Waals surface area contributed by atoms with Gasteiger partial charge in [0.1, 0.15) is 6.04 Å². The molecular formula is C16H28FN3O4. The molecule has 1 aliphatic heterocycles. The van der Waals surface area contributed by atoms with E-state index in [9.17, 15) is 18.8 Å². The normalized spacial score (nSPS) is 19.7. The van der Waals surface area contributed by atoms with Crippen molar-refractivity contribution in [3.05, 3.63) is 0 Å². The highest BCUT2D eigenvalue weighted by molar-refractivity contribution is 5.92. The molecule has 0 saturated carbocycles. The molecule has 1 saturated heterocycles. The zero-order chi connectivity index (χ0) is 18.1. The van der Waals surface area contributed by atoms with Crippen LogP contribution in [-0.4, -0.2) is 53.1 Å². The Kier molecular flexibility index (Phi) is 8.67. The highest BCUT2D eigenvalue weighted by Crippen LogP contribution is 2.25. The number of likely N-dealkylation sites (tertiary alicyclic amines) is 1. The summed E-state index contributed by atoms with van der Waals surface area (Å²) in [5.74, 6) is -3.18. The number of hydrogen-bond acceptors (Lipinski definition) is 4. The summed E-state index contributed by atoms with van der Waals surface area (Å²) in [6, 6.07) is -0.613. The molecule has 0 aliphatic carbocycles. The lowest BCUT2D eigenvalue weighted by Crippen LogP contribution is -2.51. The van der Waals surface area contributed by atoms with Gasteiger partial charge in [0, 0.05) is 13.1 Å². The lowest BCUT2D eigenvalue weighted by Gasteiger charge is -2.29. The number of hydrogen-bond donors (Lipinski definition) is 3. The van der Waals surface area contributed by atoms with E-state index in [1.54, 1.807) is 0 Å². The van der Waals surface area contributed by atoms with E-state index in [0.29, 0.717) is 32.4 Å². The Morgan fingerprint density at radius 2 is 2.00 bits per heavy atom. The summed E-state index contributed by atoms with van der Waals surface area (Å²) in [6.07, 6.45) is 1.38. The fraction of sp³-hybridized carbons (Fsp3) is 0.812. The quantitative estimate of drug-likeness (QED) is 0.431. The zero-order valence-electron chi connectivity index (χ0n) is 14.4. The van der Waals surface area contributed by atoms with Crippen molar-refractivity contribution in [3.8, 4) is 0 Å². The Morgan fingerprint density at radius 3 is 2.58 bits per heavy atom. The molecule has 1 fully saturated rings. The first kappa shape index (κ1) is 20.3. The van der Waals surface area contributed by atoms with E-state index in [2.05, 4.69) is 5.32 Å². The average molecular weight is 345 g/mol. The van der Waals surface area contributed by atoms with Gasteiger partial charge in [-0.15, -0.1) is 0 Å². The molecule has 7 nitrogen and oxygen atoms in total. The van der Waals surface area contributed by atoms with Crippen LogP contribution in [0.25, 0.3) is 0 Å². The van der Waals surface area contributed by atoms with Crippen LogP contribution in [0.4, 0.5) is 4.39 Å². The first-order valence-corrected chi connectivity index (χ1v) is 8.64. The van der Waals surface area contributed by atoms with Crippen molar-refractivity contribution in [3.63, 3.8) is 0 Å². The van der Waals surface area contributed by atoms with Gasteiger partial charge in [-0.25, -0.2) is 9.87 Å². The fourth-order valence-corrected chi connectivity index (χ4v) is 2.95. The molecule has 0 bridgehead atoms. The number of rotatable bonds is 9. The summed E-state index contributed by atoms with van der Waals surface area (Å²) in [5.41, 5.74) is 1.27. The van der Waals surface area contributed by atoms with Crippen LogP contribution >= 0.6 is 0 Å². The number of hydroxylamine groups is 1. The second-order valence-corrected chi connectivity index (χ2v) is 6.11. The molecule has 3 atom stereocenters. The van der Waals surface area contributed by atoms with Crippen molar-refractivity contribution in [1.82, 2.24) is 15.7 Å². The predicted octanol–water partition coefficient (Wildman–Crippen LogP) is 1.15. The van der Waals surface area contributed by atoms with E-state index in [4.69, 9.17) is 5.21 Å². The molecule has 0 spiro atoms. The third kappa shape index (κ3) is 5.15. The van der Waals surface area contributed by atoms with Crippen LogP contribution in [0.3, 0.4) is 0 Å². The molecule has 1 unspecified atom stereocenters. The van der Waals surface area contributed by atoms with Crippen LogP contribution in [0.15, 0.2) is 0 Å². The molecule has 1 heterocycles. The molecular weight excluding hydrogens is 317 g/mol. The topological polar surface area (TPSA) is 98.7 Å². The summed E-state index contributed by atoms with van der Waals surface area (Å²) in [6.45, 7) is 4.73. The molecule has 0 aromatic rings. The van der Waals surface area contributed by atoms with Crippen molar-refractivity contribution in [1.29, 1.82) is 0 Å². The van der Waals surface area contributed by atoms with Crippen molar-refractivity contribution < 1.29 is 24.0 Å². The average Bonchev–Trinajstić information content (AvgIpc) is 3.08. The zero-order valence-corrected chi connectivity index (χ0v) is 14.4. The lowest BCUT2D eigenvalue weighted by atomic mass is 9.94. The maximum Gasteiger partial charge on any atom is 0.278 e. The molecule has 3 amide bonds. The number of carbonyl (C=O) groups is 3. The number of carbonyl (C=O) groups excluding carboxylic acids is 3. The second kappa shape index (κ2) is 10.2. The summed E-state index contributed by atoms with van der Waals surface area (Å²) in [7, 11) is 0. The van der Waals surface area contributed by atoms with E-state index in [0.717, 1.165) is 12.8 Å². The van der Waals surface area contributed by atoms with E-state index < -0.39 is 29.9 Å². The molecule has 0 aromatic carbocycles. The number of halogens is 1. The van der Waals surface area contributed by atoms with E-state index in [1.807, 2.05) is 13.8 Å². The molecule has 138 valence electrons. The second-order valence-electron chi connectivity index (χ2n) is 6.11. The lowest BCUT2D eigenvalue weighted by molar-refractivity contribution is -0.149. The third-order valence-electron chi connectivity index (χ3n) is 4.29. The van der Waals surface area contributed by atoms with Crippen LogP contribution in [0, 0.1) is 5.92 Å². The number of nitrogens with one attached hydrogen (secondary N) is 2. The summed E-state index contributed by atoms with van der Waals surface area (Å²) >= 11 is 0. The number of alkyl halides is 1. The van der Waals surface area contributed by atoms with Gasteiger partial charge in [-0.1, -0.05) is 26.7 Å². The largest absolute Gasteiger partial charge is 0.354 e. The van der Waals surface area contributed by atoms with Crippen molar-refractivity contribution in [2.75, 3.05) is 13.1 Å². The molecule has 1 aliphatic rings. The Hall–Kier alpha value is -1.70. The van der Waals surface area contributed by atoms with E-state index in [-0.39, 0.29) is 12.3 Å². The number of amides is 3. The van der Waals surface area contributed by atoms with Gasteiger partial charge in [-0.3, -0.25) is 19.6 Å². The van der Waals surface area contributed by atoms with Crippen LogP contribution in [0.5, 0.6) is 0 Å². The van der Waals surface area contributed by atoms with E-state index in [1.165, 1.54) is 10.4 Å². The van der Waals surface area contributed by atoms with Gasteiger partial charge in [0.25, 0.3) is 5.91 Å². The number of nitrogens with zero attached hydrogens (tertiary/aromatic N) is 1. The van der Waals surface area contributed by atoms with Crippen LogP contribution in [0.1, 0.15) is 52.4 Å². The molecule has 24 heavy (non-hydrogen) atoms. The Morgan fingerprint density at radius 1 is 1.29 bits per heavy atom. The summed E-state index contributed by atoms with van der Waals surface area (Å²) in [5, 5.41) is 11.4. The Labute approximate surface area is 141 Å². The highest BCUT2D eigenvalue weighted by Gasteiger charge is 2.41. The van der Waals surface area contributed by atoms with Crippen molar-refractivity contribution >= 4 is 17.7 Å². The van der Waals surface area contributed by atoms with Gasteiger partial charge in [0.15, 0.2) is 6.17 Å². The maximum atomic E-state index is 14.3. The van der Waals surface area contributed by atoms with Crippen LogP contribution in [-0.2, 0) is 14.4 Å². The van der Waals surface area contributed by atoms with Gasteiger partial charge in [-0.05, 0) is 25.7 Å². The summed E-state index contributed by atoms with van der Waals surface area (Å²) in [4.78, 5) is 37.7. The monoisotopic (exact) mass is 345 g/mol. The first-order valence-electron chi connectivity index (χ1n) is 8.64. The van der Waals surface area contributed by atoms with Gasteiger partial charge in [-0.2, -0.15) is 0 Å². The molecule has 0 radical (unpaired) electrons. The van der Waals surface area contributed by atoms with E-state index >= 15 is 0 Å². The molecule has 0 aromatic heterocycles. The highest BCUT2D eigenvalue weighted by atomic mass is 19.1. The molecule has 1 rings (SSSR count). The smallest absolute Gasteiger partial charge is 0.278 e. The SMILES string of the molecule is CCCC[C@@H](C(=O)N1CCCC1C(=O)NCCC)[C@H](F)C(=O)NO. The minimum atomic E-state index is -2.13. The van der Waals surface area contributed by atoms with Crippen LogP contribution in [0.2, 0.25) is 0 Å². The molecule has 8 heteroatoms. The Bertz CT molecular complexity index is 447. The van der Waals surface area contributed by atoms with Gasteiger partial charge >= 0.3 is 0 Å². The Balaban J connectivity index is 2.86. The third-order valence-corrected chi connectivity index (χ3v) is 4.29. The first-order chi connectivity index (χ1) is 11.5. The summed E-state index contributed by atoms with van der Waals surface area (Å²) < 4.78 is 14.3. The minimum Gasteiger partial charge on any atom is -0.354 e. The van der Waals surface area contributed by atoms with Crippen LogP contribution < -0.4 is 10.8 Å². The van der Waals surface area contributed by atoms with Crippen molar-refractivity contribution in [2.24, 2.45) is 5.92 Å². The maximum absolute atomic E-state index is 14.3. The van der Waals surface area contributed by atoms with Gasteiger partial charge in [0.2, 0.25) is 11.8 Å². The van der Waals surface area contributed by atoms with Gasteiger partial charge < -0.3 is 10.2 Å².